The first kappa shape index (κ1) is 18.8. The molecule has 1 fully saturated rings. The topological polar surface area (TPSA) is 52.9 Å². The summed E-state index contributed by atoms with van der Waals surface area (Å²) in [4.78, 5) is 20.9. The highest BCUT2D eigenvalue weighted by Crippen LogP contribution is 2.34. The number of thioether (sulfide) groups is 2. The van der Waals surface area contributed by atoms with Crippen molar-refractivity contribution in [2.24, 2.45) is 4.99 Å². The van der Waals surface area contributed by atoms with Crippen LogP contribution in [-0.4, -0.2) is 40.5 Å². The number of aliphatic hydroxyl groups is 1. The van der Waals surface area contributed by atoms with Crippen molar-refractivity contribution >= 4 is 46.4 Å². The van der Waals surface area contributed by atoms with E-state index in [4.69, 9.17) is 5.11 Å². The summed E-state index contributed by atoms with van der Waals surface area (Å²) < 4.78 is 0. The van der Waals surface area contributed by atoms with Crippen LogP contribution in [0.15, 0.2) is 69.4 Å². The molecule has 0 unspecified atom stereocenters. The van der Waals surface area contributed by atoms with E-state index < -0.39 is 0 Å². The molecule has 0 spiro atoms. The number of aliphatic imine (C=N–C) groups is 1. The molecule has 1 saturated heterocycles. The van der Waals surface area contributed by atoms with Crippen molar-refractivity contribution in [1.82, 2.24) is 4.90 Å². The first-order chi connectivity index (χ1) is 12.7. The molecule has 0 bridgehead atoms. The Labute approximate surface area is 162 Å². The number of carbonyl (C=O) groups is 1. The van der Waals surface area contributed by atoms with E-state index in [9.17, 15) is 4.79 Å². The molecule has 3 rings (SSSR count). The van der Waals surface area contributed by atoms with Gasteiger partial charge in [0.15, 0.2) is 5.17 Å². The molecule has 6 heteroatoms. The quantitative estimate of drug-likeness (QED) is 0.593. The minimum Gasteiger partial charge on any atom is -0.396 e. The van der Waals surface area contributed by atoms with Crippen molar-refractivity contribution in [1.29, 1.82) is 0 Å². The monoisotopic (exact) mass is 384 g/mol. The number of aliphatic hydroxyl groups excluding tert-OH is 1. The van der Waals surface area contributed by atoms with E-state index in [2.05, 4.69) is 4.99 Å². The Hall–Kier alpha value is -2.02. The molecule has 2 aromatic rings. The summed E-state index contributed by atoms with van der Waals surface area (Å²) in [5.74, 6) is -0.0629. The third-order valence-electron chi connectivity index (χ3n) is 3.82. The Balaban J connectivity index is 1.89. The molecule has 4 nitrogen and oxygen atoms in total. The van der Waals surface area contributed by atoms with Gasteiger partial charge in [-0.3, -0.25) is 9.69 Å². The first-order valence-electron chi connectivity index (χ1n) is 8.31. The van der Waals surface area contributed by atoms with Crippen molar-refractivity contribution in [3.8, 4) is 0 Å². The van der Waals surface area contributed by atoms with E-state index in [0.717, 1.165) is 11.3 Å². The van der Waals surface area contributed by atoms with Gasteiger partial charge in [-0.25, -0.2) is 4.99 Å². The lowest BCUT2D eigenvalue weighted by Crippen LogP contribution is -2.30. The molecular weight excluding hydrogens is 364 g/mol. The zero-order chi connectivity index (χ0) is 18.4. The first-order valence-corrected chi connectivity index (χ1v) is 10.4. The van der Waals surface area contributed by atoms with Crippen LogP contribution in [0.1, 0.15) is 12.0 Å². The predicted octanol–water partition coefficient (Wildman–Crippen LogP) is 4.39. The molecule has 0 atom stereocenters. The van der Waals surface area contributed by atoms with Crippen LogP contribution in [-0.2, 0) is 4.79 Å². The third kappa shape index (κ3) is 4.58. The Morgan fingerprint density at radius 2 is 1.88 bits per heavy atom. The Morgan fingerprint density at radius 3 is 2.54 bits per heavy atom. The second-order valence-electron chi connectivity index (χ2n) is 5.65. The van der Waals surface area contributed by atoms with Crippen LogP contribution in [0, 0.1) is 0 Å². The van der Waals surface area contributed by atoms with Crippen molar-refractivity contribution in [2.75, 3.05) is 19.4 Å². The number of hydrogen-bond acceptors (Lipinski definition) is 5. The van der Waals surface area contributed by atoms with Gasteiger partial charge in [0.1, 0.15) is 0 Å². The molecule has 1 N–H and O–H groups in total. The average molecular weight is 385 g/mol. The van der Waals surface area contributed by atoms with E-state index in [-0.39, 0.29) is 12.5 Å². The highest BCUT2D eigenvalue weighted by Gasteiger charge is 2.32. The van der Waals surface area contributed by atoms with Crippen LogP contribution >= 0.6 is 23.5 Å². The molecular formula is C20H20N2O2S2. The summed E-state index contributed by atoms with van der Waals surface area (Å²) >= 11 is 3.07. The van der Waals surface area contributed by atoms with Crippen molar-refractivity contribution in [3.05, 3.63) is 65.1 Å². The highest BCUT2D eigenvalue weighted by atomic mass is 32.2. The standard InChI is InChI=1S/C20H20N2O2S2/c1-25-17-10-8-15(9-11-17)14-18-19(24)22(12-5-13-23)20(26-18)21-16-6-3-2-4-7-16/h2-4,6-11,14,23H,5,12-13H2,1H3/b18-14-,21-20?. The van der Waals surface area contributed by atoms with Gasteiger partial charge >= 0.3 is 0 Å². The van der Waals surface area contributed by atoms with Gasteiger partial charge in [-0.15, -0.1) is 11.8 Å². The van der Waals surface area contributed by atoms with Crippen LogP contribution < -0.4 is 0 Å². The van der Waals surface area contributed by atoms with Gasteiger partial charge in [0.05, 0.1) is 10.6 Å². The zero-order valence-electron chi connectivity index (χ0n) is 14.5. The molecule has 1 heterocycles. The SMILES string of the molecule is CSc1ccc(/C=C2\SC(=Nc3ccccc3)N(CCCO)C2=O)cc1. The van der Waals surface area contributed by atoms with Crippen molar-refractivity contribution in [2.45, 2.75) is 11.3 Å². The van der Waals surface area contributed by atoms with Gasteiger partial charge in [0.2, 0.25) is 0 Å². The van der Waals surface area contributed by atoms with Crippen LogP contribution in [0.3, 0.4) is 0 Å². The maximum atomic E-state index is 12.8. The Kier molecular flexibility index (Phi) is 6.55. The van der Waals surface area contributed by atoms with E-state index in [0.29, 0.717) is 23.0 Å². The summed E-state index contributed by atoms with van der Waals surface area (Å²) in [7, 11) is 0. The number of amidine groups is 1. The van der Waals surface area contributed by atoms with E-state index >= 15 is 0 Å². The maximum Gasteiger partial charge on any atom is 0.266 e. The Bertz CT molecular complexity index is 817. The number of nitrogens with zero attached hydrogens (tertiary/aromatic N) is 2. The smallest absolute Gasteiger partial charge is 0.266 e. The van der Waals surface area contributed by atoms with Gasteiger partial charge in [-0.1, -0.05) is 30.3 Å². The number of hydrogen-bond donors (Lipinski definition) is 1. The number of rotatable bonds is 6. The molecule has 2 aromatic carbocycles. The van der Waals surface area contributed by atoms with E-state index in [1.165, 1.54) is 16.7 Å². The molecule has 0 saturated carbocycles. The minimum absolute atomic E-state index is 0.0439. The second-order valence-corrected chi connectivity index (χ2v) is 7.54. The fourth-order valence-electron chi connectivity index (χ4n) is 2.48. The summed E-state index contributed by atoms with van der Waals surface area (Å²) in [5.41, 5.74) is 1.80. The fraction of sp³-hybridized carbons (Fsp3) is 0.200. The van der Waals surface area contributed by atoms with Crippen LogP contribution in [0.4, 0.5) is 5.69 Å². The summed E-state index contributed by atoms with van der Waals surface area (Å²) in [6, 6.07) is 17.7. The molecule has 1 amide bonds. The predicted molar refractivity (Wildman–Crippen MR) is 111 cm³/mol. The van der Waals surface area contributed by atoms with Crippen molar-refractivity contribution < 1.29 is 9.90 Å². The lowest BCUT2D eigenvalue weighted by Gasteiger charge is -2.14. The zero-order valence-corrected chi connectivity index (χ0v) is 16.1. The van der Waals surface area contributed by atoms with Gasteiger partial charge in [-0.2, -0.15) is 0 Å². The maximum absolute atomic E-state index is 12.8. The largest absolute Gasteiger partial charge is 0.396 e. The molecule has 0 aromatic heterocycles. The van der Waals surface area contributed by atoms with Gasteiger partial charge in [0.25, 0.3) is 5.91 Å². The van der Waals surface area contributed by atoms with Gasteiger partial charge in [-0.05, 0) is 60.3 Å². The Morgan fingerprint density at radius 1 is 1.15 bits per heavy atom. The third-order valence-corrected chi connectivity index (χ3v) is 5.57. The second kappa shape index (κ2) is 9.07. The summed E-state index contributed by atoms with van der Waals surface area (Å²) in [6.07, 6.45) is 4.46. The number of benzene rings is 2. The summed E-state index contributed by atoms with van der Waals surface area (Å²) in [5, 5.41) is 9.79. The molecule has 1 aliphatic rings. The lowest BCUT2D eigenvalue weighted by molar-refractivity contribution is -0.122. The van der Waals surface area contributed by atoms with Crippen LogP contribution in [0.25, 0.3) is 6.08 Å². The number of carbonyl (C=O) groups excluding carboxylic acids is 1. The molecule has 26 heavy (non-hydrogen) atoms. The molecule has 1 aliphatic heterocycles. The highest BCUT2D eigenvalue weighted by molar-refractivity contribution is 8.18. The molecule has 0 aliphatic carbocycles. The van der Waals surface area contributed by atoms with E-state index in [1.54, 1.807) is 16.7 Å². The minimum atomic E-state index is -0.0629. The molecule has 134 valence electrons. The van der Waals surface area contributed by atoms with E-state index in [1.807, 2.05) is 66.9 Å². The van der Waals surface area contributed by atoms with Crippen LogP contribution in [0.5, 0.6) is 0 Å². The fourth-order valence-corrected chi connectivity index (χ4v) is 3.91. The average Bonchev–Trinajstić information content (AvgIpc) is 2.96. The van der Waals surface area contributed by atoms with Crippen LogP contribution in [0.2, 0.25) is 0 Å². The normalized spacial score (nSPS) is 17.5. The number of para-hydroxylation sites is 1. The van der Waals surface area contributed by atoms with Gasteiger partial charge in [0, 0.05) is 18.0 Å². The summed E-state index contributed by atoms with van der Waals surface area (Å²) in [6.45, 7) is 0.499. The van der Waals surface area contributed by atoms with Crippen molar-refractivity contribution in [3.63, 3.8) is 0 Å². The lowest BCUT2D eigenvalue weighted by atomic mass is 10.2. The number of amides is 1. The van der Waals surface area contributed by atoms with Gasteiger partial charge < -0.3 is 5.11 Å². The molecule has 0 radical (unpaired) electrons.